The number of halogens is 4. The van der Waals surface area contributed by atoms with Crippen LogP contribution in [-0.2, 0) is 5.41 Å². The first-order valence-corrected chi connectivity index (χ1v) is 13.6. The maximum Gasteiger partial charge on any atom is 0.142 e. The van der Waals surface area contributed by atoms with Crippen molar-refractivity contribution in [3.05, 3.63) is 121 Å². The molecule has 4 aromatic rings. The molecule has 6 heteroatoms. The van der Waals surface area contributed by atoms with Crippen LogP contribution in [0.1, 0.15) is 22.3 Å². The molecule has 4 aromatic carbocycles. The largest absolute Gasteiger partial charge is 0.506 e. The van der Waals surface area contributed by atoms with E-state index in [0.717, 1.165) is 36.5 Å². The molecule has 4 rings (SSSR count). The standard InChI is InChI=1S/C25H16I4O2/c26-19-11-17(12-20(27)23(19)30)25(15-7-3-1-4-8-15,16-9-5-2-6-10-16)18-13-21(28)24(31)22(29)14-18/h1-14,30-31H. The lowest BCUT2D eigenvalue weighted by atomic mass is 9.65. The molecule has 0 amide bonds. The van der Waals surface area contributed by atoms with Crippen LogP contribution in [0.2, 0.25) is 0 Å². The summed E-state index contributed by atoms with van der Waals surface area (Å²) in [6.07, 6.45) is 0. The summed E-state index contributed by atoms with van der Waals surface area (Å²) in [6.45, 7) is 0. The van der Waals surface area contributed by atoms with Gasteiger partial charge in [-0.3, -0.25) is 0 Å². The summed E-state index contributed by atoms with van der Waals surface area (Å²) >= 11 is 8.78. The van der Waals surface area contributed by atoms with Crippen LogP contribution in [0.5, 0.6) is 11.5 Å². The highest BCUT2D eigenvalue weighted by Crippen LogP contribution is 2.48. The number of phenols is 2. The summed E-state index contributed by atoms with van der Waals surface area (Å²) in [5, 5.41) is 21.0. The van der Waals surface area contributed by atoms with E-state index in [1.807, 2.05) is 12.1 Å². The Labute approximate surface area is 236 Å². The molecule has 0 bridgehead atoms. The van der Waals surface area contributed by atoms with Gasteiger partial charge in [-0.15, -0.1) is 0 Å². The molecule has 0 radical (unpaired) electrons. The van der Waals surface area contributed by atoms with Crippen molar-refractivity contribution in [3.8, 4) is 11.5 Å². The molecule has 0 aliphatic heterocycles. The predicted molar refractivity (Wildman–Crippen MR) is 159 cm³/mol. The Morgan fingerprint density at radius 1 is 0.452 bits per heavy atom. The fraction of sp³-hybridized carbons (Fsp3) is 0.0400. The summed E-state index contributed by atoms with van der Waals surface area (Å²) in [6, 6.07) is 29.1. The van der Waals surface area contributed by atoms with Gasteiger partial charge in [-0.05, 0) is 137 Å². The van der Waals surface area contributed by atoms with Gasteiger partial charge >= 0.3 is 0 Å². The summed E-state index contributed by atoms with van der Waals surface area (Å²) in [5.74, 6) is 0.602. The number of aromatic hydroxyl groups is 2. The van der Waals surface area contributed by atoms with Crippen LogP contribution in [-0.4, -0.2) is 10.2 Å². The molecule has 0 fully saturated rings. The molecular formula is C25H16I4O2. The van der Waals surface area contributed by atoms with E-state index in [-0.39, 0.29) is 0 Å². The Morgan fingerprint density at radius 3 is 1.03 bits per heavy atom. The van der Waals surface area contributed by atoms with Gasteiger partial charge in [0, 0.05) is 0 Å². The zero-order valence-corrected chi connectivity index (χ0v) is 24.6. The third-order valence-electron chi connectivity index (χ3n) is 5.31. The topological polar surface area (TPSA) is 40.5 Å². The number of hydrogen-bond donors (Lipinski definition) is 2. The highest BCUT2D eigenvalue weighted by molar-refractivity contribution is 14.1. The first-order valence-electron chi connectivity index (χ1n) is 9.33. The van der Waals surface area contributed by atoms with Crippen molar-refractivity contribution in [2.24, 2.45) is 0 Å². The minimum absolute atomic E-state index is 0.301. The third kappa shape index (κ3) is 4.33. The van der Waals surface area contributed by atoms with Gasteiger partial charge in [0.05, 0.1) is 19.7 Å². The molecule has 2 nitrogen and oxygen atoms in total. The van der Waals surface area contributed by atoms with E-state index in [1.54, 1.807) is 0 Å². The molecule has 0 heterocycles. The Kier molecular flexibility index (Phi) is 7.38. The zero-order valence-electron chi connectivity index (χ0n) is 16.0. The molecule has 0 atom stereocenters. The Morgan fingerprint density at radius 2 is 0.742 bits per heavy atom. The second-order valence-electron chi connectivity index (χ2n) is 7.06. The van der Waals surface area contributed by atoms with Gasteiger partial charge in [0.25, 0.3) is 0 Å². The van der Waals surface area contributed by atoms with E-state index in [4.69, 9.17) is 0 Å². The van der Waals surface area contributed by atoms with Crippen LogP contribution in [0.4, 0.5) is 0 Å². The van der Waals surface area contributed by atoms with Gasteiger partial charge in [0.1, 0.15) is 11.5 Å². The van der Waals surface area contributed by atoms with Crippen LogP contribution >= 0.6 is 90.4 Å². The molecule has 0 aliphatic carbocycles. The molecule has 0 aromatic heterocycles. The summed E-state index contributed by atoms with van der Waals surface area (Å²) in [4.78, 5) is 0. The highest BCUT2D eigenvalue weighted by atomic mass is 127. The molecule has 0 unspecified atom stereocenters. The van der Waals surface area contributed by atoms with Crippen molar-refractivity contribution in [1.82, 2.24) is 0 Å². The first-order chi connectivity index (χ1) is 14.9. The van der Waals surface area contributed by atoms with Crippen molar-refractivity contribution >= 4 is 90.4 Å². The molecule has 0 saturated carbocycles. The van der Waals surface area contributed by atoms with Gasteiger partial charge in [0.2, 0.25) is 0 Å². The van der Waals surface area contributed by atoms with Crippen LogP contribution in [0.3, 0.4) is 0 Å². The average Bonchev–Trinajstić information content (AvgIpc) is 2.77. The van der Waals surface area contributed by atoms with E-state index in [9.17, 15) is 10.2 Å². The van der Waals surface area contributed by atoms with E-state index in [1.165, 1.54) is 0 Å². The van der Waals surface area contributed by atoms with Crippen molar-refractivity contribution in [2.75, 3.05) is 0 Å². The second-order valence-corrected chi connectivity index (χ2v) is 11.7. The lowest BCUT2D eigenvalue weighted by molar-refractivity contribution is 0.466. The molecule has 0 spiro atoms. The molecule has 0 aliphatic rings. The summed E-state index contributed by atoms with van der Waals surface area (Å²) in [7, 11) is 0. The van der Waals surface area contributed by atoms with Gasteiger partial charge in [-0.25, -0.2) is 0 Å². The van der Waals surface area contributed by atoms with Gasteiger partial charge in [-0.1, -0.05) is 60.7 Å². The lowest BCUT2D eigenvalue weighted by Gasteiger charge is -2.37. The number of phenolic OH excluding ortho intramolecular Hbond substituents is 2. The SMILES string of the molecule is Oc1c(I)cc(C(c2ccccc2)(c2ccccc2)c2cc(I)c(O)c(I)c2)cc1I. The quantitative estimate of drug-likeness (QED) is 0.162. The van der Waals surface area contributed by atoms with Crippen molar-refractivity contribution < 1.29 is 10.2 Å². The molecule has 2 N–H and O–H groups in total. The fourth-order valence-electron chi connectivity index (χ4n) is 3.94. The van der Waals surface area contributed by atoms with Crippen LogP contribution in [0.25, 0.3) is 0 Å². The summed E-state index contributed by atoms with van der Waals surface area (Å²) in [5.41, 5.74) is 3.75. The highest BCUT2D eigenvalue weighted by Gasteiger charge is 2.39. The van der Waals surface area contributed by atoms with E-state index in [0.29, 0.717) is 11.5 Å². The maximum absolute atomic E-state index is 10.5. The molecule has 31 heavy (non-hydrogen) atoms. The Balaban J connectivity index is 2.21. The minimum atomic E-state index is -0.621. The summed E-state index contributed by atoms with van der Waals surface area (Å²) < 4.78 is 3.22. The average molecular weight is 856 g/mol. The van der Waals surface area contributed by atoms with Crippen LogP contribution < -0.4 is 0 Å². The molecule has 0 saturated heterocycles. The van der Waals surface area contributed by atoms with Gasteiger partial charge < -0.3 is 10.2 Å². The number of benzene rings is 4. The minimum Gasteiger partial charge on any atom is -0.506 e. The lowest BCUT2D eigenvalue weighted by Crippen LogP contribution is -2.31. The van der Waals surface area contributed by atoms with Crippen molar-refractivity contribution in [2.45, 2.75) is 5.41 Å². The van der Waals surface area contributed by atoms with Crippen LogP contribution in [0, 0.1) is 14.3 Å². The normalized spacial score (nSPS) is 11.5. The number of rotatable bonds is 4. The first kappa shape index (κ1) is 23.6. The van der Waals surface area contributed by atoms with Gasteiger partial charge in [-0.2, -0.15) is 0 Å². The van der Waals surface area contributed by atoms with Gasteiger partial charge in [0.15, 0.2) is 0 Å². The van der Waals surface area contributed by atoms with E-state index >= 15 is 0 Å². The van der Waals surface area contributed by atoms with Crippen molar-refractivity contribution in [3.63, 3.8) is 0 Å². The zero-order chi connectivity index (χ0) is 22.2. The fourth-order valence-corrected chi connectivity index (χ4v) is 7.48. The number of hydrogen-bond acceptors (Lipinski definition) is 2. The monoisotopic (exact) mass is 856 g/mol. The second kappa shape index (κ2) is 9.72. The molecule has 156 valence electrons. The maximum atomic E-state index is 10.5. The van der Waals surface area contributed by atoms with Crippen molar-refractivity contribution in [1.29, 1.82) is 0 Å². The third-order valence-corrected chi connectivity index (χ3v) is 8.60. The van der Waals surface area contributed by atoms with E-state index in [2.05, 4.69) is 163 Å². The van der Waals surface area contributed by atoms with Crippen LogP contribution in [0.15, 0.2) is 84.9 Å². The molecular weight excluding hydrogens is 840 g/mol. The Bertz CT molecular complexity index is 1100. The smallest absolute Gasteiger partial charge is 0.142 e. The Hall–Kier alpha value is -0.600. The van der Waals surface area contributed by atoms with E-state index < -0.39 is 5.41 Å². The predicted octanol–water partition coefficient (Wildman–Crippen LogP) is 7.90.